The summed E-state index contributed by atoms with van der Waals surface area (Å²) in [5.74, 6) is 0.261. The van der Waals surface area contributed by atoms with Crippen LogP contribution in [0, 0.1) is 0 Å². The molecule has 0 aliphatic carbocycles. The van der Waals surface area contributed by atoms with E-state index in [9.17, 15) is 13.2 Å². The Morgan fingerprint density at radius 3 is 2.25 bits per heavy atom. The zero-order chi connectivity index (χ0) is 15.0. The molecule has 0 fully saturated rings. The van der Waals surface area contributed by atoms with Crippen LogP contribution < -0.4 is 14.8 Å². The van der Waals surface area contributed by atoms with Crippen LogP contribution in [0.5, 0.6) is 12.0 Å². The van der Waals surface area contributed by atoms with Gasteiger partial charge in [0, 0.05) is 13.0 Å². The van der Waals surface area contributed by atoms with E-state index < -0.39 is 12.6 Å². The summed E-state index contributed by atoms with van der Waals surface area (Å²) in [4.78, 5) is 11.7. The Kier molecular flexibility index (Phi) is 6.26. The molecular formula is C11H17F3N4O2. The fourth-order valence-electron chi connectivity index (χ4n) is 1.27. The van der Waals surface area contributed by atoms with Gasteiger partial charge in [-0.1, -0.05) is 0 Å². The molecule has 20 heavy (non-hydrogen) atoms. The number of hydrogen-bond acceptors (Lipinski definition) is 6. The molecule has 1 N–H and O–H groups in total. The third kappa shape index (κ3) is 6.39. The first-order chi connectivity index (χ1) is 9.44. The topological polar surface area (TPSA) is 69.2 Å². The average molecular weight is 294 g/mol. The molecule has 0 saturated carbocycles. The lowest BCUT2D eigenvalue weighted by Gasteiger charge is -2.09. The number of nitrogens with zero attached hydrogens (tertiary/aromatic N) is 3. The minimum atomic E-state index is -4.19. The van der Waals surface area contributed by atoms with Crippen molar-refractivity contribution in [3.05, 3.63) is 0 Å². The third-order valence-corrected chi connectivity index (χ3v) is 2.04. The van der Waals surface area contributed by atoms with Crippen LogP contribution in [0.2, 0.25) is 0 Å². The van der Waals surface area contributed by atoms with Crippen molar-refractivity contribution in [3.8, 4) is 12.0 Å². The maximum absolute atomic E-state index is 12.0. The molecule has 0 aliphatic heterocycles. The Balaban J connectivity index is 2.58. The van der Waals surface area contributed by atoms with E-state index in [0.717, 1.165) is 0 Å². The van der Waals surface area contributed by atoms with Gasteiger partial charge in [0.25, 0.3) is 0 Å². The highest BCUT2D eigenvalue weighted by Gasteiger charge is 2.26. The number of alkyl halides is 3. The van der Waals surface area contributed by atoms with Crippen molar-refractivity contribution >= 4 is 5.95 Å². The molecule has 0 aromatic carbocycles. The van der Waals surface area contributed by atoms with Crippen molar-refractivity contribution in [2.75, 3.05) is 25.1 Å². The second-order valence-electron chi connectivity index (χ2n) is 3.75. The summed E-state index contributed by atoms with van der Waals surface area (Å²) in [6.07, 6.45) is -5.25. The second-order valence-corrected chi connectivity index (χ2v) is 3.75. The van der Waals surface area contributed by atoms with Crippen molar-refractivity contribution in [3.63, 3.8) is 0 Å². The SMILES string of the molecule is CCNc1nc(OCC)nc(OCCCC(F)(F)F)n1. The summed E-state index contributed by atoms with van der Waals surface area (Å²) >= 11 is 0. The Morgan fingerprint density at radius 1 is 1.05 bits per heavy atom. The van der Waals surface area contributed by atoms with Crippen molar-refractivity contribution in [1.29, 1.82) is 0 Å². The molecule has 9 heteroatoms. The van der Waals surface area contributed by atoms with Crippen LogP contribution in [0.1, 0.15) is 26.7 Å². The Labute approximate surface area is 114 Å². The van der Waals surface area contributed by atoms with E-state index in [1.54, 1.807) is 6.92 Å². The molecule has 6 nitrogen and oxygen atoms in total. The van der Waals surface area contributed by atoms with Crippen molar-refractivity contribution < 1.29 is 22.6 Å². The molecule has 0 bridgehead atoms. The zero-order valence-electron chi connectivity index (χ0n) is 11.3. The van der Waals surface area contributed by atoms with Gasteiger partial charge >= 0.3 is 18.2 Å². The second kappa shape index (κ2) is 7.71. The number of aromatic nitrogens is 3. The molecule has 0 atom stereocenters. The van der Waals surface area contributed by atoms with E-state index >= 15 is 0 Å². The summed E-state index contributed by atoms with van der Waals surface area (Å²) in [7, 11) is 0. The lowest BCUT2D eigenvalue weighted by molar-refractivity contribution is -0.136. The molecule has 1 aromatic heterocycles. The summed E-state index contributed by atoms with van der Waals surface area (Å²) < 4.78 is 46.2. The summed E-state index contributed by atoms with van der Waals surface area (Å²) in [6, 6.07) is 0.0193. The molecule has 0 radical (unpaired) electrons. The first kappa shape index (κ1) is 16.3. The normalized spacial score (nSPS) is 11.2. The molecule has 1 aromatic rings. The van der Waals surface area contributed by atoms with Crippen LogP contribution in [0.15, 0.2) is 0 Å². The standard InChI is InChI=1S/C11H17F3N4O2/c1-3-15-8-16-9(19-4-2)18-10(17-8)20-7-5-6-11(12,13)14/h3-7H2,1-2H3,(H,15,16,17,18). The number of anilines is 1. The minimum absolute atomic E-state index is 0.0541. The fraction of sp³-hybridized carbons (Fsp3) is 0.727. The average Bonchev–Trinajstić information content (AvgIpc) is 2.34. The first-order valence-electron chi connectivity index (χ1n) is 6.27. The first-order valence-corrected chi connectivity index (χ1v) is 6.27. The van der Waals surface area contributed by atoms with Gasteiger partial charge in [-0.15, -0.1) is 4.98 Å². The van der Waals surface area contributed by atoms with Crippen LogP contribution in [0.25, 0.3) is 0 Å². The van der Waals surface area contributed by atoms with Gasteiger partial charge in [0.15, 0.2) is 0 Å². The van der Waals surface area contributed by atoms with E-state index in [1.807, 2.05) is 6.92 Å². The van der Waals surface area contributed by atoms with Gasteiger partial charge < -0.3 is 14.8 Å². The summed E-state index contributed by atoms with van der Waals surface area (Å²) in [5, 5.41) is 2.86. The Bertz CT molecular complexity index is 391. The Morgan fingerprint density at radius 2 is 1.70 bits per heavy atom. The largest absolute Gasteiger partial charge is 0.464 e. The van der Waals surface area contributed by atoms with Crippen LogP contribution in [-0.4, -0.2) is 40.9 Å². The number of hydrogen-bond donors (Lipinski definition) is 1. The van der Waals surface area contributed by atoms with Gasteiger partial charge in [-0.2, -0.15) is 23.1 Å². The summed E-state index contributed by atoms with van der Waals surface area (Å²) in [5.41, 5.74) is 0. The molecule has 0 saturated heterocycles. The van der Waals surface area contributed by atoms with Gasteiger partial charge in [-0.3, -0.25) is 0 Å². The van der Waals surface area contributed by atoms with Crippen molar-refractivity contribution in [2.24, 2.45) is 0 Å². The monoisotopic (exact) mass is 294 g/mol. The molecule has 1 heterocycles. The van der Waals surface area contributed by atoms with Gasteiger partial charge in [0.2, 0.25) is 5.95 Å². The lowest BCUT2D eigenvalue weighted by Crippen LogP contribution is -2.12. The van der Waals surface area contributed by atoms with Crippen LogP contribution in [-0.2, 0) is 0 Å². The maximum Gasteiger partial charge on any atom is 0.389 e. The number of nitrogens with one attached hydrogen (secondary N) is 1. The number of halogens is 3. The molecule has 1 rings (SSSR count). The third-order valence-electron chi connectivity index (χ3n) is 2.04. The molecule has 0 aliphatic rings. The van der Waals surface area contributed by atoms with Crippen LogP contribution in [0.4, 0.5) is 19.1 Å². The van der Waals surface area contributed by atoms with Crippen LogP contribution >= 0.6 is 0 Å². The molecular weight excluding hydrogens is 277 g/mol. The van der Waals surface area contributed by atoms with Gasteiger partial charge in [0.1, 0.15) is 0 Å². The minimum Gasteiger partial charge on any atom is -0.464 e. The van der Waals surface area contributed by atoms with E-state index in [1.165, 1.54) is 0 Å². The molecule has 0 spiro atoms. The number of rotatable bonds is 8. The smallest absolute Gasteiger partial charge is 0.389 e. The fourth-order valence-corrected chi connectivity index (χ4v) is 1.27. The zero-order valence-corrected chi connectivity index (χ0v) is 11.3. The Hall–Kier alpha value is -1.80. The van der Waals surface area contributed by atoms with Gasteiger partial charge in [-0.05, 0) is 20.3 Å². The summed E-state index contributed by atoms with van der Waals surface area (Å²) in [6.45, 7) is 4.45. The van der Waals surface area contributed by atoms with Crippen molar-refractivity contribution in [1.82, 2.24) is 15.0 Å². The predicted octanol–water partition coefficient (Wildman–Crippen LogP) is 2.42. The maximum atomic E-state index is 12.0. The predicted molar refractivity (Wildman–Crippen MR) is 65.9 cm³/mol. The highest BCUT2D eigenvalue weighted by Crippen LogP contribution is 2.21. The van der Waals surface area contributed by atoms with E-state index in [-0.39, 0.29) is 31.0 Å². The van der Waals surface area contributed by atoms with Crippen LogP contribution in [0.3, 0.4) is 0 Å². The molecule has 0 unspecified atom stereocenters. The van der Waals surface area contributed by atoms with Crippen molar-refractivity contribution in [2.45, 2.75) is 32.9 Å². The van der Waals surface area contributed by atoms with Gasteiger partial charge in [-0.25, -0.2) is 0 Å². The van der Waals surface area contributed by atoms with E-state index in [2.05, 4.69) is 20.3 Å². The quantitative estimate of drug-likeness (QED) is 0.743. The number of ether oxygens (including phenoxy) is 2. The van der Waals surface area contributed by atoms with E-state index in [4.69, 9.17) is 9.47 Å². The van der Waals surface area contributed by atoms with E-state index in [0.29, 0.717) is 13.2 Å². The molecule has 0 amide bonds. The highest BCUT2D eigenvalue weighted by molar-refractivity contribution is 5.27. The highest BCUT2D eigenvalue weighted by atomic mass is 19.4. The van der Waals surface area contributed by atoms with Gasteiger partial charge in [0.05, 0.1) is 13.2 Å². The lowest BCUT2D eigenvalue weighted by atomic mass is 10.3. The molecule has 114 valence electrons.